The zero-order chi connectivity index (χ0) is 17.0. The quantitative estimate of drug-likeness (QED) is 0.804. The van der Waals surface area contributed by atoms with E-state index in [2.05, 4.69) is 15.0 Å². The van der Waals surface area contributed by atoms with Gasteiger partial charge >= 0.3 is 5.97 Å². The maximum Gasteiger partial charge on any atom is 0.314 e. The van der Waals surface area contributed by atoms with Gasteiger partial charge in [-0.25, -0.2) is 0 Å². The van der Waals surface area contributed by atoms with E-state index in [1.807, 2.05) is 26.0 Å². The molecule has 0 aliphatic rings. The molecule has 0 bridgehead atoms. The number of rotatable bonds is 5. The zero-order valence-electron chi connectivity index (χ0n) is 12.9. The number of nitrogens with two attached hydrogens (primary N) is 2. The molecule has 0 aliphatic heterocycles. The molecule has 23 heavy (non-hydrogen) atoms. The number of nitrogens with zero attached hydrogens (tertiary/aromatic N) is 3. The van der Waals surface area contributed by atoms with E-state index in [1.54, 1.807) is 12.1 Å². The lowest BCUT2D eigenvalue weighted by atomic mass is 9.88. The molecule has 0 saturated heterocycles. The smallest absolute Gasteiger partial charge is 0.314 e. The van der Waals surface area contributed by atoms with Crippen molar-refractivity contribution in [3.8, 4) is 0 Å². The Morgan fingerprint density at radius 3 is 2.22 bits per heavy atom. The molecule has 4 N–H and O–H groups in total. The number of aromatic nitrogens is 3. The van der Waals surface area contributed by atoms with Crippen LogP contribution in [0.5, 0.6) is 0 Å². The summed E-state index contributed by atoms with van der Waals surface area (Å²) in [4.78, 5) is 23.8. The van der Waals surface area contributed by atoms with Crippen LogP contribution >= 0.6 is 11.6 Å². The van der Waals surface area contributed by atoms with E-state index in [4.69, 9.17) is 27.8 Å². The van der Waals surface area contributed by atoms with Gasteiger partial charge in [0.2, 0.25) is 11.9 Å². The van der Waals surface area contributed by atoms with Crippen molar-refractivity contribution in [1.82, 2.24) is 15.0 Å². The van der Waals surface area contributed by atoms with Crippen LogP contribution in [0, 0.1) is 5.92 Å². The number of carbonyl (C=O) groups is 1. The molecule has 0 amide bonds. The molecule has 0 spiro atoms. The molecular formula is C15H18ClN5O2. The third kappa shape index (κ3) is 4.53. The first-order valence-corrected chi connectivity index (χ1v) is 7.42. The maximum atomic E-state index is 12.4. The first-order valence-electron chi connectivity index (χ1n) is 7.05. The lowest BCUT2D eigenvalue weighted by molar-refractivity contribution is -0.148. The number of anilines is 2. The molecule has 1 aromatic heterocycles. The SMILES string of the molecule is CC(C)[C@@H](C(=O)OCc1nc(N)nc(N)n1)c1ccc(Cl)cc1. The summed E-state index contributed by atoms with van der Waals surface area (Å²) >= 11 is 5.88. The minimum atomic E-state index is -0.413. The lowest BCUT2D eigenvalue weighted by Gasteiger charge is -2.19. The van der Waals surface area contributed by atoms with Crippen LogP contribution < -0.4 is 11.5 Å². The highest BCUT2D eigenvalue weighted by Gasteiger charge is 2.26. The number of carbonyl (C=O) groups excluding carboxylic acids is 1. The minimum Gasteiger partial charge on any atom is -0.457 e. The van der Waals surface area contributed by atoms with Crippen LogP contribution in [0.2, 0.25) is 5.02 Å². The minimum absolute atomic E-state index is 0.0124. The van der Waals surface area contributed by atoms with Crippen LogP contribution in [0.3, 0.4) is 0 Å². The maximum absolute atomic E-state index is 12.4. The molecule has 0 fully saturated rings. The summed E-state index contributed by atoms with van der Waals surface area (Å²) in [6.07, 6.45) is 0. The van der Waals surface area contributed by atoms with Gasteiger partial charge in [0.1, 0.15) is 0 Å². The highest BCUT2D eigenvalue weighted by Crippen LogP contribution is 2.27. The first kappa shape index (κ1) is 17.0. The average Bonchev–Trinajstić information content (AvgIpc) is 2.46. The third-order valence-corrected chi connectivity index (χ3v) is 3.46. The molecule has 122 valence electrons. The first-order chi connectivity index (χ1) is 10.9. The molecule has 1 aromatic carbocycles. The number of halogens is 1. The second-order valence-corrected chi connectivity index (χ2v) is 5.79. The molecule has 7 nitrogen and oxygen atoms in total. The van der Waals surface area contributed by atoms with Crippen molar-refractivity contribution >= 4 is 29.5 Å². The molecule has 0 unspecified atom stereocenters. The van der Waals surface area contributed by atoms with Crippen LogP contribution in [0.15, 0.2) is 24.3 Å². The summed E-state index contributed by atoms with van der Waals surface area (Å²) in [7, 11) is 0. The fourth-order valence-corrected chi connectivity index (χ4v) is 2.34. The van der Waals surface area contributed by atoms with E-state index in [9.17, 15) is 4.79 Å². The Bertz CT molecular complexity index is 671. The summed E-state index contributed by atoms with van der Waals surface area (Å²) < 4.78 is 5.31. The van der Waals surface area contributed by atoms with E-state index in [0.29, 0.717) is 5.02 Å². The van der Waals surface area contributed by atoms with Crippen molar-refractivity contribution < 1.29 is 9.53 Å². The fraction of sp³-hybridized carbons (Fsp3) is 0.333. The Balaban J connectivity index is 2.11. The number of benzene rings is 1. The van der Waals surface area contributed by atoms with Gasteiger partial charge in [-0.2, -0.15) is 15.0 Å². The van der Waals surface area contributed by atoms with Crippen molar-refractivity contribution in [3.63, 3.8) is 0 Å². The van der Waals surface area contributed by atoms with Gasteiger partial charge in [0.05, 0.1) is 5.92 Å². The highest BCUT2D eigenvalue weighted by atomic mass is 35.5. The molecular weight excluding hydrogens is 318 g/mol. The summed E-state index contributed by atoms with van der Waals surface area (Å²) in [6.45, 7) is 3.77. The average molecular weight is 336 g/mol. The fourth-order valence-electron chi connectivity index (χ4n) is 2.21. The second kappa shape index (κ2) is 7.23. The van der Waals surface area contributed by atoms with E-state index < -0.39 is 5.92 Å². The van der Waals surface area contributed by atoms with E-state index in [0.717, 1.165) is 5.56 Å². The van der Waals surface area contributed by atoms with Gasteiger partial charge in [0.25, 0.3) is 0 Å². The van der Waals surface area contributed by atoms with Crippen LogP contribution in [-0.4, -0.2) is 20.9 Å². The molecule has 1 heterocycles. The highest BCUT2D eigenvalue weighted by molar-refractivity contribution is 6.30. The Morgan fingerprint density at radius 1 is 1.13 bits per heavy atom. The predicted molar refractivity (Wildman–Crippen MR) is 87.5 cm³/mol. The molecule has 2 rings (SSSR count). The normalized spacial score (nSPS) is 12.2. The van der Waals surface area contributed by atoms with E-state index in [-0.39, 0.29) is 36.2 Å². The number of nitrogen functional groups attached to an aromatic ring is 2. The number of ether oxygens (including phenoxy) is 1. The summed E-state index contributed by atoms with van der Waals surface area (Å²) in [5.41, 5.74) is 11.8. The molecule has 2 aromatic rings. The van der Waals surface area contributed by atoms with Gasteiger partial charge in [-0.1, -0.05) is 37.6 Å². The summed E-state index contributed by atoms with van der Waals surface area (Å²) in [5, 5.41) is 0.612. The molecule has 8 heteroatoms. The van der Waals surface area contributed by atoms with Crippen LogP contribution in [0.25, 0.3) is 0 Å². The Hall–Kier alpha value is -2.41. The van der Waals surface area contributed by atoms with Gasteiger partial charge in [-0.3, -0.25) is 4.79 Å². The molecule has 0 aliphatic carbocycles. The predicted octanol–water partition coefficient (Wildman–Crippen LogP) is 2.17. The second-order valence-electron chi connectivity index (χ2n) is 5.35. The van der Waals surface area contributed by atoms with Gasteiger partial charge in [0.15, 0.2) is 12.4 Å². The van der Waals surface area contributed by atoms with Crippen LogP contribution in [0.1, 0.15) is 31.2 Å². The number of esters is 1. The lowest BCUT2D eigenvalue weighted by Crippen LogP contribution is -2.21. The van der Waals surface area contributed by atoms with Crippen molar-refractivity contribution in [2.24, 2.45) is 5.92 Å². The van der Waals surface area contributed by atoms with Crippen LogP contribution in [-0.2, 0) is 16.1 Å². The standard InChI is InChI=1S/C15H18ClN5O2/c1-8(2)12(9-3-5-10(16)6-4-9)13(22)23-7-11-19-14(17)21-15(18)20-11/h3-6,8,12H,7H2,1-2H3,(H4,17,18,19,20,21)/t12-/m1/s1. The summed E-state index contributed by atoms with van der Waals surface area (Å²) in [5.74, 6) is -0.550. The number of hydrogen-bond acceptors (Lipinski definition) is 7. The topological polar surface area (TPSA) is 117 Å². The van der Waals surface area contributed by atoms with Gasteiger partial charge in [-0.15, -0.1) is 0 Å². The van der Waals surface area contributed by atoms with Crippen molar-refractivity contribution in [2.45, 2.75) is 26.4 Å². The van der Waals surface area contributed by atoms with Crippen molar-refractivity contribution in [3.05, 3.63) is 40.7 Å². The Morgan fingerprint density at radius 2 is 1.70 bits per heavy atom. The molecule has 1 atom stereocenters. The van der Waals surface area contributed by atoms with Gasteiger partial charge in [-0.05, 0) is 23.6 Å². The summed E-state index contributed by atoms with van der Waals surface area (Å²) in [6, 6.07) is 7.11. The zero-order valence-corrected chi connectivity index (χ0v) is 13.6. The molecule has 0 radical (unpaired) electrons. The Kier molecular flexibility index (Phi) is 5.33. The third-order valence-electron chi connectivity index (χ3n) is 3.21. The van der Waals surface area contributed by atoms with E-state index >= 15 is 0 Å². The monoisotopic (exact) mass is 335 g/mol. The Labute approximate surface area is 139 Å². The van der Waals surface area contributed by atoms with E-state index in [1.165, 1.54) is 0 Å². The van der Waals surface area contributed by atoms with Crippen molar-refractivity contribution in [2.75, 3.05) is 11.5 Å². The largest absolute Gasteiger partial charge is 0.457 e. The van der Waals surface area contributed by atoms with Crippen molar-refractivity contribution in [1.29, 1.82) is 0 Å². The van der Waals surface area contributed by atoms with Gasteiger partial charge in [0, 0.05) is 5.02 Å². The van der Waals surface area contributed by atoms with Gasteiger partial charge < -0.3 is 16.2 Å². The van der Waals surface area contributed by atoms with Crippen LogP contribution in [0.4, 0.5) is 11.9 Å². The molecule has 0 saturated carbocycles. The number of hydrogen-bond donors (Lipinski definition) is 2.